The number of aromatic nitrogens is 1. The van der Waals surface area contributed by atoms with E-state index in [4.69, 9.17) is 20.9 Å². The Labute approximate surface area is 190 Å². The molecule has 31 heavy (non-hydrogen) atoms. The zero-order valence-corrected chi connectivity index (χ0v) is 19.5. The fraction of sp³-hybridized carbons (Fsp3) is 0.565. The molecule has 7 nitrogen and oxygen atoms in total. The summed E-state index contributed by atoms with van der Waals surface area (Å²) >= 11 is 6.10. The monoisotopic (exact) mass is 447 g/mol. The lowest BCUT2D eigenvalue weighted by Crippen LogP contribution is -2.46. The van der Waals surface area contributed by atoms with E-state index in [1.165, 1.54) is 5.56 Å². The maximum Gasteiger partial charge on any atom is 0.191 e. The van der Waals surface area contributed by atoms with Gasteiger partial charge in [-0.05, 0) is 30.5 Å². The van der Waals surface area contributed by atoms with Crippen LogP contribution in [0.1, 0.15) is 55.7 Å². The summed E-state index contributed by atoms with van der Waals surface area (Å²) in [6.07, 6.45) is 2.12. The highest BCUT2D eigenvalue weighted by Crippen LogP contribution is 2.24. The van der Waals surface area contributed by atoms with Crippen LogP contribution in [0.5, 0.6) is 0 Å². The molecule has 0 bridgehead atoms. The Morgan fingerprint density at radius 1 is 1.16 bits per heavy atom. The van der Waals surface area contributed by atoms with E-state index in [0.29, 0.717) is 12.5 Å². The van der Waals surface area contributed by atoms with Gasteiger partial charge in [0.25, 0.3) is 0 Å². The quantitative estimate of drug-likeness (QED) is 0.447. The Hall–Kier alpha value is -2.09. The van der Waals surface area contributed by atoms with Gasteiger partial charge in [-0.15, -0.1) is 0 Å². The fourth-order valence-corrected chi connectivity index (χ4v) is 4.05. The summed E-state index contributed by atoms with van der Waals surface area (Å²) in [5.74, 6) is 1.99. The number of hydrogen-bond acceptors (Lipinski definition) is 5. The van der Waals surface area contributed by atoms with Gasteiger partial charge in [0, 0.05) is 43.7 Å². The van der Waals surface area contributed by atoms with Crippen molar-refractivity contribution in [1.29, 1.82) is 0 Å². The van der Waals surface area contributed by atoms with Gasteiger partial charge >= 0.3 is 0 Å². The summed E-state index contributed by atoms with van der Waals surface area (Å²) in [7, 11) is 1.78. The topological polar surface area (TPSA) is 74.9 Å². The minimum Gasteiger partial charge on any atom is -0.379 e. The van der Waals surface area contributed by atoms with Gasteiger partial charge in [0.15, 0.2) is 11.7 Å². The zero-order chi connectivity index (χ0) is 22.1. The second-order valence-corrected chi connectivity index (χ2v) is 8.19. The van der Waals surface area contributed by atoms with Crippen molar-refractivity contribution in [3.05, 3.63) is 52.4 Å². The molecule has 1 aromatic carbocycles. The summed E-state index contributed by atoms with van der Waals surface area (Å²) in [5, 5.41) is 11.8. The number of halogens is 1. The largest absolute Gasteiger partial charge is 0.379 e. The third-order valence-corrected chi connectivity index (χ3v) is 6.09. The van der Waals surface area contributed by atoms with Gasteiger partial charge in [-0.1, -0.05) is 42.7 Å². The molecule has 1 fully saturated rings. The van der Waals surface area contributed by atoms with Crippen molar-refractivity contribution in [2.75, 3.05) is 39.9 Å². The molecule has 1 aromatic heterocycles. The van der Waals surface area contributed by atoms with Crippen LogP contribution in [-0.4, -0.2) is 55.9 Å². The first-order chi connectivity index (χ1) is 15.1. The van der Waals surface area contributed by atoms with Crippen LogP contribution >= 0.6 is 11.6 Å². The maximum atomic E-state index is 6.10. The van der Waals surface area contributed by atoms with Gasteiger partial charge < -0.3 is 19.9 Å². The van der Waals surface area contributed by atoms with Crippen molar-refractivity contribution >= 4 is 17.6 Å². The molecule has 0 amide bonds. The van der Waals surface area contributed by atoms with Crippen LogP contribution in [-0.2, 0) is 11.3 Å². The number of ether oxygens (including phenoxy) is 1. The van der Waals surface area contributed by atoms with E-state index in [1.807, 2.05) is 18.2 Å². The van der Waals surface area contributed by atoms with E-state index in [9.17, 15) is 0 Å². The predicted molar refractivity (Wildman–Crippen MR) is 125 cm³/mol. The molecule has 2 N–H and O–H groups in total. The molecule has 2 aromatic rings. The normalized spacial score (nSPS) is 16.5. The summed E-state index contributed by atoms with van der Waals surface area (Å²) in [4.78, 5) is 6.81. The number of rotatable bonds is 9. The minimum atomic E-state index is 0.200. The lowest BCUT2D eigenvalue weighted by Gasteiger charge is -2.35. The number of hydrogen-bond donors (Lipinski definition) is 2. The number of nitrogens with one attached hydrogen (secondary N) is 2. The van der Waals surface area contributed by atoms with Gasteiger partial charge in [0.05, 0.1) is 31.5 Å². The Morgan fingerprint density at radius 3 is 2.52 bits per heavy atom. The van der Waals surface area contributed by atoms with E-state index in [-0.39, 0.29) is 6.04 Å². The highest BCUT2D eigenvalue weighted by Gasteiger charge is 2.23. The average molecular weight is 448 g/mol. The van der Waals surface area contributed by atoms with Crippen molar-refractivity contribution in [3.8, 4) is 0 Å². The molecule has 3 rings (SSSR count). The average Bonchev–Trinajstić information content (AvgIpc) is 3.27. The molecule has 0 radical (unpaired) electrons. The van der Waals surface area contributed by atoms with Gasteiger partial charge in [-0.2, -0.15) is 0 Å². The van der Waals surface area contributed by atoms with Crippen molar-refractivity contribution in [1.82, 2.24) is 20.7 Å². The molecule has 1 unspecified atom stereocenters. The standard InChI is InChI=1S/C23H34ClN5O2/c1-4-17(5-2)21-14-20(31-28-21)15-26-23(25-3)27-16-22(29-10-12-30-13-11-29)18-6-8-19(24)9-7-18/h6-9,14,17,22H,4-5,10-13,15-16H2,1-3H3,(H2,25,26,27). The van der Waals surface area contributed by atoms with Gasteiger partial charge in [0.1, 0.15) is 0 Å². The smallest absolute Gasteiger partial charge is 0.191 e. The van der Waals surface area contributed by atoms with Crippen LogP contribution in [0.25, 0.3) is 0 Å². The molecule has 1 aliphatic rings. The third kappa shape index (κ3) is 6.69. The predicted octanol–water partition coefficient (Wildman–Crippen LogP) is 3.97. The molecular formula is C23H34ClN5O2. The lowest BCUT2D eigenvalue weighted by molar-refractivity contribution is 0.0170. The number of morpholine rings is 1. The Balaban J connectivity index is 1.59. The minimum absolute atomic E-state index is 0.200. The third-order valence-electron chi connectivity index (χ3n) is 5.84. The number of guanidine groups is 1. The summed E-state index contributed by atoms with van der Waals surface area (Å²) in [6.45, 7) is 8.92. The van der Waals surface area contributed by atoms with Crippen LogP contribution in [0.15, 0.2) is 39.8 Å². The molecule has 1 saturated heterocycles. The maximum absolute atomic E-state index is 6.10. The molecule has 0 spiro atoms. The lowest BCUT2D eigenvalue weighted by atomic mass is 9.99. The van der Waals surface area contributed by atoms with Gasteiger partial charge in [-0.25, -0.2) is 0 Å². The van der Waals surface area contributed by atoms with Crippen LogP contribution in [0, 0.1) is 0 Å². The van der Waals surface area contributed by atoms with Gasteiger partial charge in [0.2, 0.25) is 0 Å². The molecule has 1 aliphatic heterocycles. The van der Waals surface area contributed by atoms with E-state index >= 15 is 0 Å². The van der Waals surface area contributed by atoms with E-state index < -0.39 is 0 Å². The number of aliphatic imine (C=N–C) groups is 1. The van der Waals surface area contributed by atoms with Gasteiger partial charge in [-0.3, -0.25) is 9.89 Å². The highest BCUT2D eigenvalue weighted by molar-refractivity contribution is 6.30. The van der Waals surface area contributed by atoms with E-state index in [0.717, 1.165) is 68.1 Å². The molecule has 8 heteroatoms. The summed E-state index contributed by atoms with van der Waals surface area (Å²) in [6, 6.07) is 10.3. The molecule has 0 aliphatic carbocycles. The molecule has 1 atom stereocenters. The summed E-state index contributed by atoms with van der Waals surface area (Å²) < 4.78 is 11.1. The molecule has 170 valence electrons. The van der Waals surface area contributed by atoms with E-state index in [2.05, 4.69) is 51.7 Å². The van der Waals surface area contributed by atoms with Crippen molar-refractivity contribution < 1.29 is 9.26 Å². The first-order valence-corrected chi connectivity index (χ1v) is 11.5. The van der Waals surface area contributed by atoms with Crippen molar-refractivity contribution in [2.45, 2.75) is 45.2 Å². The van der Waals surface area contributed by atoms with Crippen LogP contribution in [0.3, 0.4) is 0 Å². The Bertz CT molecular complexity index is 814. The Morgan fingerprint density at radius 2 is 1.87 bits per heavy atom. The molecular weight excluding hydrogens is 414 g/mol. The highest BCUT2D eigenvalue weighted by atomic mass is 35.5. The second-order valence-electron chi connectivity index (χ2n) is 7.75. The zero-order valence-electron chi connectivity index (χ0n) is 18.7. The van der Waals surface area contributed by atoms with Crippen molar-refractivity contribution in [3.63, 3.8) is 0 Å². The second kappa shape index (κ2) is 12.1. The number of nitrogens with zero attached hydrogens (tertiary/aromatic N) is 3. The molecule has 0 saturated carbocycles. The molecule has 2 heterocycles. The van der Waals surface area contributed by atoms with Crippen LogP contribution in [0.2, 0.25) is 5.02 Å². The summed E-state index contributed by atoms with van der Waals surface area (Å²) in [5.41, 5.74) is 2.25. The first-order valence-electron chi connectivity index (χ1n) is 11.1. The first kappa shape index (κ1) is 23.6. The fourth-order valence-electron chi connectivity index (χ4n) is 3.93. The Kier molecular flexibility index (Phi) is 9.18. The SMILES string of the molecule is CCC(CC)c1cc(CNC(=NC)NCC(c2ccc(Cl)cc2)N2CCOCC2)on1. The van der Waals surface area contributed by atoms with Crippen LogP contribution in [0.4, 0.5) is 0 Å². The van der Waals surface area contributed by atoms with Crippen molar-refractivity contribution in [2.24, 2.45) is 4.99 Å². The number of benzene rings is 1. The van der Waals surface area contributed by atoms with Crippen LogP contribution < -0.4 is 10.6 Å². The van der Waals surface area contributed by atoms with E-state index in [1.54, 1.807) is 7.05 Å².